The van der Waals surface area contributed by atoms with Gasteiger partial charge in [-0.3, -0.25) is 4.79 Å². The van der Waals surface area contributed by atoms with Crippen molar-refractivity contribution in [3.8, 4) is 5.75 Å². The highest BCUT2D eigenvalue weighted by Crippen LogP contribution is 2.18. The number of nitrogens with one attached hydrogen (secondary N) is 2. The van der Waals surface area contributed by atoms with Gasteiger partial charge >= 0.3 is 0 Å². The number of anilines is 3. The fraction of sp³-hybridized carbons (Fsp3) is 0.100. The zero-order valence-corrected chi connectivity index (χ0v) is 13.6. The topological polar surface area (TPSA) is 74.2 Å². The van der Waals surface area contributed by atoms with E-state index in [1.165, 1.54) is 0 Å². The lowest BCUT2D eigenvalue weighted by Crippen LogP contribution is -2.12. The first-order chi connectivity index (χ1) is 12.2. The summed E-state index contributed by atoms with van der Waals surface area (Å²) in [6.45, 7) is 0. The van der Waals surface area contributed by atoms with Gasteiger partial charge in [-0.1, -0.05) is 36.4 Å². The normalized spacial score (nSPS) is 10.2. The van der Waals surface area contributed by atoms with Crippen LogP contribution in [0.4, 0.5) is 17.2 Å². The summed E-state index contributed by atoms with van der Waals surface area (Å²) in [7, 11) is 0. The lowest BCUT2D eigenvalue weighted by atomic mass is 10.1. The first-order valence-electron chi connectivity index (χ1n) is 8.05. The number of amides is 1. The highest BCUT2D eigenvalue weighted by Gasteiger charge is 2.06. The van der Waals surface area contributed by atoms with Crippen LogP contribution in [0, 0.1) is 0 Å². The Hall–Kier alpha value is -3.34. The molecule has 0 unspecified atom stereocenters. The molecule has 3 N–H and O–H groups in total. The fourth-order valence-electron chi connectivity index (χ4n) is 2.41. The number of hydrogen-bond donors (Lipinski definition) is 3. The number of phenolic OH excluding ortho intramolecular Hbond substituents is 1. The molecule has 0 radical (unpaired) electrons. The van der Waals surface area contributed by atoms with Crippen LogP contribution in [0.3, 0.4) is 0 Å². The van der Waals surface area contributed by atoms with E-state index in [-0.39, 0.29) is 11.7 Å². The summed E-state index contributed by atoms with van der Waals surface area (Å²) in [5.41, 5.74) is 2.36. The van der Waals surface area contributed by atoms with Crippen molar-refractivity contribution in [3.05, 3.63) is 78.5 Å². The molecule has 3 rings (SSSR count). The second kappa shape index (κ2) is 7.97. The lowest BCUT2D eigenvalue weighted by Gasteiger charge is -2.08. The van der Waals surface area contributed by atoms with Gasteiger partial charge in [0.1, 0.15) is 11.6 Å². The van der Waals surface area contributed by atoms with Gasteiger partial charge in [0, 0.05) is 12.1 Å². The number of rotatable bonds is 6. The summed E-state index contributed by atoms with van der Waals surface area (Å²) in [5.74, 6) is 0.806. The van der Waals surface area contributed by atoms with Crippen LogP contribution in [0.15, 0.2) is 72.9 Å². The monoisotopic (exact) mass is 333 g/mol. The smallest absolute Gasteiger partial charge is 0.224 e. The van der Waals surface area contributed by atoms with E-state index in [0.29, 0.717) is 24.3 Å². The Morgan fingerprint density at radius 2 is 1.68 bits per heavy atom. The number of carbonyl (C=O) groups is 1. The maximum absolute atomic E-state index is 12.0. The highest BCUT2D eigenvalue weighted by molar-refractivity contribution is 5.90. The minimum Gasteiger partial charge on any atom is -0.508 e. The quantitative estimate of drug-likeness (QED) is 0.635. The molecule has 126 valence electrons. The summed E-state index contributed by atoms with van der Waals surface area (Å²) >= 11 is 0. The molecule has 0 aliphatic heterocycles. The summed E-state index contributed by atoms with van der Waals surface area (Å²) in [6, 6.07) is 20.4. The van der Waals surface area contributed by atoms with Gasteiger partial charge < -0.3 is 15.7 Å². The molecule has 0 aliphatic carbocycles. The van der Waals surface area contributed by atoms with E-state index in [4.69, 9.17) is 0 Å². The number of aromatic hydroxyl groups is 1. The van der Waals surface area contributed by atoms with E-state index in [2.05, 4.69) is 15.6 Å². The van der Waals surface area contributed by atoms with Crippen LogP contribution in [-0.2, 0) is 11.2 Å². The molecule has 0 saturated carbocycles. The van der Waals surface area contributed by atoms with Crippen LogP contribution < -0.4 is 10.6 Å². The van der Waals surface area contributed by atoms with Gasteiger partial charge in [-0.25, -0.2) is 4.98 Å². The Bertz CT molecular complexity index is 833. The summed E-state index contributed by atoms with van der Waals surface area (Å²) in [6.07, 6.45) is 2.39. The van der Waals surface area contributed by atoms with E-state index in [0.717, 1.165) is 11.3 Å². The first kappa shape index (κ1) is 16.5. The molecule has 1 aromatic heterocycles. The molecule has 5 nitrogen and oxygen atoms in total. The minimum atomic E-state index is -0.117. The van der Waals surface area contributed by atoms with E-state index >= 15 is 0 Å². The zero-order chi connectivity index (χ0) is 17.5. The van der Waals surface area contributed by atoms with Crippen LogP contribution in [0.5, 0.6) is 5.75 Å². The van der Waals surface area contributed by atoms with Crippen LogP contribution in [0.25, 0.3) is 0 Å². The van der Waals surface area contributed by atoms with Crippen molar-refractivity contribution in [1.82, 2.24) is 4.98 Å². The Kier molecular flexibility index (Phi) is 5.26. The number of phenols is 1. The number of aryl methyl sites for hydroxylation is 1. The average Bonchev–Trinajstić information content (AvgIpc) is 2.64. The second-order valence-corrected chi connectivity index (χ2v) is 5.60. The number of hydrogen-bond acceptors (Lipinski definition) is 4. The first-order valence-corrected chi connectivity index (χ1v) is 8.05. The maximum Gasteiger partial charge on any atom is 0.224 e. The van der Waals surface area contributed by atoms with Gasteiger partial charge in [0.05, 0.1) is 11.9 Å². The van der Waals surface area contributed by atoms with E-state index < -0.39 is 0 Å². The molecule has 3 aromatic rings. The van der Waals surface area contributed by atoms with Crippen LogP contribution >= 0.6 is 0 Å². The van der Waals surface area contributed by atoms with E-state index in [1.54, 1.807) is 24.4 Å². The molecule has 2 aromatic carbocycles. The number of benzene rings is 2. The Morgan fingerprint density at radius 1 is 0.920 bits per heavy atom. The third-order valence-electron chi connectivity index (χ3n) is 3.71. The Labute approximate surface area is 146 Å². The zero-order valence-electron chi connectivity index (χ0n) is 13.6. The van der Waals surface area contributed by atoms with Gasteiger partial charge in [-0.2, -0.15) is 0 Å². The molecule has 0 atom stereocenters. The number of nitrogens with zero attached hydrogens (tertiary/aromatic N) is 1. The second-order valence-electron chi connectivity index (χ2n) is 5.60. The molecule has 0 saturated heterocycles. The molecule has 0 bridgehead atoms. The molecule has 0 spiro atoms. The van der Waals surface area contributed by atoms with Crippen molar-refractivity contribution in [2.45, 2.75) is 12.8 Å². The van der Waals surface area contributed by atoms with Gasteiger partial charge in [0.15, 0.2) is 0 Å². The van der Waals surface area contributed by atoms with E-state index in [1.807, 2.05) is 48.5 Å². The molecule has 1 heterocycles. The molecular formula is C20H19N3O2. The van der Waals surface area contributed by atoms with Crippen molar-refractivity contribution in [2.75, 3.05) is 10.6 Å². The van der Waals surface area contributed by atoms with Gasteiger partial charge in [0.25, 0.3) is 0 Å². The van der Waals surface area contributed by atoms with Gasteiger partial charge in [-0.05, 0) is 42.3 Å². The molecule has 0 fully saturated rings. The summed E-state index contributed by atoms with van der Waals surface area (Å²) in [4.78, 5) is 16.3. The van der Waals surface area contributed by atoms with Gasteiger partial charge in [-0.15, -0.1) is 0 Å². The predicted molar refractivity (Wildman–Crippen MR) is 99.0 cm³/mol. The maximum atomic E-state index is 12.0. The van der Waals surface area contributed by atoms with Crippen molar-refractivity contribution < 1.29 is 9.90 Å². The summed E-state index contributed by atoms with van der Waals surface area (Å²) in [5, 5.41) is 15.7. The number of carbonyl (C=O) groups excluding carboxylic acids is 1. The van der Waals surface area contributed by atoms with Crippen LogP contribution in [0.1, 0.15) is 12.0 Å². The van der Waals surface area contributed by atoms with Crippen LogP contribution in [0.2, 0.25) is 0 Å². The standard InChI is InChI=1S/C20H19N3O2/c24-18-9-5-4-6-15(18)10-13-20(25)23-17-11-12-19(21-14-17)22-16-7-2-1-3-8-16/h1-9,11-12,14,24H,10,13H2,(H,21,22)(H,23,25). The third-order valence-corrected chi connectivity index (χ3v) is 3.71. The fourth-order valence-corrected chi connectivity index (χ4v) is 2.41. The largest absolute Gasteiger partial charge is 0.508 e. The molecule has 1 amide bonds. The Morgan fingerprint density at radius 3 is 2.40 bits per heavy atom. The van der Waals surface area contributed by atoms with E-state index in [9.17, 15) is 9.90 Å². The SMILES string of the molecule is O=C(CCc1ccccc1O)Nc1ccc(Nc2ccccc2)nc1. The highest BCUT2D eigenvalue weighted by atomic mass is 16.3. The molecule has 0 aliphatic rings. The molecule has 5 heteroatoms. The molecular weight excluding hydrogens is 314 g/mol. The van der Waals surface area contributed by atoms with Gasteiger partial charge in [0.2, 0.25) is 5.91 Å². The lowest BCUT2D eigenvalue weighted by molar-refractivity contribution is -0.116. The number of para-hydroxylation sites is 2. The van der Waals surface area contributed by atoms with Crippen molar-refractivity contribution >= 4 is 23.1 Å². The third kappa shape index (κ3) is 4.81. The predicted octanol–water partition coefficient (Wildman–Crippen LogP) is 4.10. The number of aromatic nitrogens is 1. The average molecular weight is 333 g/mol. The van der Waals surface area contributed by atoms with Crippen LogP contribution in [-0.4, -0.2) is 16.0 Å². The summed E-state index contributed by atoms with van der Waals surface area (Å²) < 4.78 is 0. The van der Waals surface area contributed by atoms with Crippen molar-refractivity contribution in [3.63, 3.8) is 0 Å². The Balaban J connectivity index is 1.52. The molecule has 25 heavy (non-hydrogen) atoms. The van der Waals surface area contributed by atoms with Crippen molar-refractivity contribution in [1.29, 1.82) is 0 Å². The van der Waals surface area contributed by atoms with Crippen molar-refractivity contribution in [2.24, 2.45) is 0 Å². The number of pyridine rings is 1. The minimum absolute atomic E-state index is 0.117.